The first kappa shape index (κ1) is 18.8. The maximum absolute atomic E-state index is 10.9. The van der Waals surface area contributed by atoms with E-state index in [1.165, 1.54) is 15.0 Å². The van der Waals surface area contributed by atoms with Crippen molar-refractivity contribution in [3.63, 3.8) is 0 Å². The lowest BCUT2D eigenvalue weighted by Gasteiger charge is -2.22. The van der Waals surface area contributed by atoms with Crippen LogP contribution < -0.4 is 0 Å². The molecule has 0 saturated heterocycles. The van der Waals surface area contributed by atoms with Crippen LogP contribution in [0.4, 0.5) is 0 Å². The van der Waals surface area contributed by atoms with Gasteiger partial charge in [0.1, 0.15) is 22.5 Å². The third-order valence-corrected chi connectivity index (χ3v) is 6.51. The summed E-state index contributed by atoms with van der Waals surface area (Å²) in [6.45, 7) is 8.31. The van der Waals surface area contributed by atoms with Gasteiger partial charge in [-0.1, -0.05) is 51.1 Å². The third-order valence-electron chi connectivity index (χ3n) is 5.35. The number of hydrogen-bond acceptors (Lipinski definition) is 4. The number of aromatic hydroxyl groups is 1. The maximum atomic E-state index is 10.9. The van der Waals surface area contributed by atoms with E-state index in [1.54, 1.807) is 16.1 Å². The number of thiophene rings is 1. The Morgan fingerprint density at radius 1 is 0.900 bits per heavy atom. The number of nitrogens with zero attached hydrogens (tertiary/aromatic N) is 3. The number of phenols is 1. The molecule has 0 saturated carbocycles. The lowest BCUT2D eigenvalue weighted by molar-refractivity contribution is 0.440. The van der Waals surface area contributed by atoms with Crippen molar-refractivity contribution in [2.24, 2.45) is 0 Å². The zero-order valence-electron chi connectivity index (χ0n) is 17.5. The highest BCUT2D eigenvalue weighted by Gasteiger charge is 2.22. The highest BCUT2D eigenvalue weighted by molar-refractivity contribution is 7.22. The molecule has 150 valence electrons. The quantitative estimate of drug-likeness (QED) is 0.354. The molecule has 0 fully saturated rings. The summed E-state index contributed by atoms with van der Waals surface area (Å²) in [5, 5.41) is 21.5. The zero-order chi connectivity index (χ0) is 21.0. The second kappa shape index (κ2) is 6.67. The summed E-state index contributed by atoms with van der Waals surface area (Å²) in [5.41, 5.74) is 5.14. The van der Waals surface area contributed by atoms with Crippen LogP contribution in [0, 0.1) is 6.92 Å². The molecule has 2 heterocycles. The van der Waals surface area contributed by atoms with Crippen LogP contribution in [0.2, 0.25) is 0 Å². The second-order valence-corrected chi connectivity index (χ2v) is 9.86. The molecule has 3 aromatic carbocycles. The lowest BCUT2D eigenvalue weighted by atomic mass is 9.85. The van der Waals surface area contributed by atoms with Gasteiger partial charge in [-0.25, -0.2) is 0 Å². The van der Waals surface area contributed by atoms with Gasteiger partial charge in [0.25, 0.3) is 0 Å². The molecule has 4 nitrogen and oxygen atoms in total. The third kappa shape index (κ3) is 3.15. The molecule has 0 amide bonds. The van der Waals surface area contributed by atoms with E-state index >= 15 is 0 Å². The molecule has 0 unspecified atom stereocenters. The van der Waals surface area contributed by atoms with Gasteiger partial charge in [-0.2, -0.15) is 0 Å². The highest BCUT2D eigenvalue weighted by Crippen LogP contribution is 2.37. The molecule has 2 aromatic heterocycles. The molecule has 0 aliphatic carbocycles. The first-order valence-electron chi connectivity index (χ1n) is 10.0. The standard InChI is InChI=1S/C25H23N3OS/c1-15-11-18(25(2,3)4)24(29)21(12-15)28-26-19-10-9-17(13-20(19)27-28)23-14-16-7-5-6-8-22(16)30-23/h5-14,29H,1-4H3. The van der Waals surface area contributed by atoms with Crippen molar-refractivity contribution in [1.29, 1.82) is 0 Å². The summed E-state index contributed by atoms with van der Waals surface area (Å²) in [7, 11) is 0. The van der Waals surface area contributed by atoms with Gasteiger partial charge in [0.15, 0.2) is 0 Å². The molecule has 0 radical (unpaired) electrons. The van der Waals surface area contributed by atoms with Crippen molar-refractivity contribution in [2.75, 3.05) is 0 Å². The van der Waals surface area contributed by atoms with Crippen molar-refractivity contribution in [2.45, 2.75) is 33.1 Å². The van der Waals surface area contributed by atoms with E-state index in [9.17, 15) is 5.11 Å². The Kier molecular flexibility index (Phi) is 4.19. The summed E-state index contributed by atoms with van der Waals surface area (Å²) in [6.07, 6.45) is 0. The average Bonchev–Trinajstić information content (AvgIpc) is 3.31. The van der Waals surface area contributed by atoms with Crippen LogP contribution >= 0.6 is 11.3 Å². The van der Waals surface area contributed by atoms with Crippen molar-refractivity contribution < 1.29 is 5.11 Å². The number of aryl methyl sites for hydroxylation is 1. The number of benzene rings is 3. The van der Waals surface area contributed by atoms with Gasteiger partial charge in [0.2, 0.25) is 0 Å². The molecule has 0 spiro atoms. The van der Waals surface area contributed by atoms with E-state index < -0.39 is 0 Å². The number of hydrogen-bond donors (Lipinski definition) is 1. The monoisotopic (exact) mass is 413 g/mol. The Labute approximate surface area is 179 Å². The molecule has 5 aromatic rings. The highest BCUT2D eigenvalue weighted by atomic mass is 32.1. The van der Waals surface area contributed by atoms with E-state index in [0.717, 1.165) is 27.7 Å². The van der Waals surface area contributed by atoms with Gasteiger partial charge in [-0.3, -0.25) is 0 Å². The summed E-state index contributed by atoms with van der Waals surface area (Å²) in [6, 6.07) is 20.7. The first-order valence-corrected chi connectivity index (χ1v) is 10.8. The van der Waals surface area contributed by atoms with Gasteiger partial charge in [-0.05, 0) is 59.2 Å². The molecule has 1 N–H and O–H groups in total. The summed E-state index contributed by atoms with van der Waals surface area (Å²) in [4.78, 5) is 2.76. The predicted molar refractivity (Wildman–Crippen MR) is 125 cm³/mol. The molecule has 0 bridgehead atoms. The number of rotatable bonds is 2. The fraction of sp³-hybridized carbons (Fsp3) is 0.200. The van der Waals surface area contributed by atoms with Crippen molar-refractivity contribution in [1.82, 2.24) is 15.0 Å². The molecule has 0 atom stereocenters. The summed E-state index contributed by atoms with van der Waals surface area (Å²) >= 11 is 1.78. The minimum Gasteiger partial charge on any atom is -0.505 e. The zero-order valence-corrected chi connectivity index (χ0v) is 18.3. The van der Waals surface area contributed by atoms with Gasteiger partial charge < -0.3 is 5.11 Å². The van der Waals surface area contributed by atoms with Crippen LogP contribution in [0.15, 0.2) is 60.7 Å². The van der Waals surface area contributed by atoms with E-state index in [2.05, 4.69) is 68.3 Å². The number of phenolic OH excluding ortho intramolecular Hbond substituents is 1. The molecule has 0 aliphatic rings. The van der Waals surface area contributed by atoms with E-state index in [4.69, 9.17) is 5.10 Å². The minimum atomic E-state index is -0.175. The molecule has 5 heteroatoms. The van der Waals surface area contributed by atoms with E-state index in [0.29, 0.717) is 5.69 Å². The van der Waals surface area contributed by atoms with Crippen LogP contribution in [-0.4, -0.2) is 20.1 Å². The van der Waals surface area contributed by atoms with Gasteiger partial charge in [0.05, 0.1) is 0 Å². The Hall–Kier alpha value is -3.18. The van der Waals surface area contributed by atoms with Gasteiger partial charge in [-0.15, -0.1) is 26.3 Å². The molecule has 5 rings (SSSR count). The largest absolute Gasteiger partial charge is 0.505 e. The van der Waals surface area contributed by atoms with Crippen LogP contribution in [0.1, 0.15) is 31.9 Å². The van der Waals surface area contributed by atoms with Crippen LogP contribution in [0.3, 0.4) is 0 Å². The van der Waals surface area contributed by atoms with Crippen LogP contribution in [0.25, 0.3) is 37.2 Å². The topological polar surface area (TPSA) is 50.9 Å². The SMILES string of the molecule is Cc1cc(-n2nc3ccc(-c4cc5ccccc5s4)cc3n2)c(O)c(C(C)(C)C)c1. The fourth-order valence-electron chi connectivity index (χ4n) is 3.78. The van der Waals surface area contributed by atoms with Crippen LogP contribution in [0.5, 0.6) is 5.75 Å². The molecule has 0 aliphatic heterocycles. The van der Waals surface area contributed by atoms with Crippen LogP contribution in [-0.2, 0) is 5.41 Å². The fourth-order valence-corrected chi connectivity index (χ4v) is 4.84. The minimum absolute atomic E-state index is 0.175. The van der Waals surface area contributed by atoms with Crippen molar-refractivity contribution in [3.8, 4) is 21.9 Å². The molecular formula is C25H23N3OS. The molecule has 30 heavy (non-hydrogen) atoms. The van der Waals surface area contributed by atoms with Gasteiger partial charge >= 0.3 is 0 Å². The second-order valence-electron chi connectivity index (χ2n) is 8.77. The Morgan fingerprint density at radius 2 is 1.67 bits per heavy atom. The number of aromatic nitrogens is 3. The Bertz CT molecular complexity index is 1370. The maximum Gasteiger partial charge on any atom is 0.146 e. The molecular weight excluding hydrogens is 390 g/mol. The first-order chi connectivity index (χ1) is 14.3. The Morgan fingerprint density at radius 3 is 2.43 bits per heavy atom. The lowest BCUT2D eigenvalue weighted by Crippen LogP contribution is -2.13. The van der Waals surface area contributed by atoms with E-state index in [1.807, 2.05) is 25.1 Å². The van der Waals surface area contributed by atoms with Crippen molar-refractivity contribution >= 4 is 32.5 Å². The summed E-state index contributed by atoms with van der Waals surface area (Å²) < 4.78 is 1.27. The van der Waals surface area contributed by atoms with Gasteiger partial charge in [0, 0.05) is 15.1 Å². The number of fused-ring (bicyclic) bond motifs is 2. The smallest absolute Gasteiger partial charge is 0.146 e. The Balaban J connectivity index is 1.62. The van der Waals surface area contributed by atoms with Crippen molar-refractivity contribution in [3.05, 3.63) is 71.8 Å². The summed E-state index contributed by atoms with van der Waals surface area (Å²) in [5.74, 6) is 0.234. The van der Waals surface area contributed by atoms with E-state index in [-0.39, 0.29) is 11.2 Å². The predicted octanol–water partition coefficient (Wildman–Crippen LogP) is 6.61. The normalized spacial score (nSPS) is 12.1. The average molecular weight is 414 g/mol.